The molecule has 30 heavy (non-hydrogen) atoms. The predicted octanol–water partition coefficient (Wildman–Crippen LogP) is 4.13. The van der Waals surface area contributed by atoms with Crippen molar-refractivity contribution in [2.24, 2.45) is 0 Å². The minimum atomic E-state index is -3.97. The second kappa shape index (κ2) is 7.91. The lowest BCUT2D eigenvalue weighted by Crippen LogP contribution is -2.35. The Morgan fingerprint density at radius 3 is 2.53 bits per heavy atom. The number of benzene rings is 3. The number of sulfonamides is 1. The number of halogens is 1. The number of amides is 1. The molecule has 154 valence electrons. The number of aryl methyl sites for hydroxylation is 1. The number of carbonyl (C=O) groups excluding carboxylic acids is 1. The summed E-state index contributed by atoms with van der Waals surface area (Å²) in [4.78, 5) is 14.6. The number of hydrogen-bond acceptors (Lipinski definition) is 3. The minimum Gasteiger partial charge on any atom is -0.334 e. The van der Waals surface area contributed by atoms with E-state index in [9.17, 15) is 17.6 Å². The Hall–Kier alpha value is -3.19. The SMILES string of the molecule is Cc1ccc(S(=O)(=O)Nc2cccc(C(=O)N3CCc4ccccc4C3)c2)cc1F. The lowest BCUT2D eigenvalue weighted by atomic mass is 9.99. The van der Waals surface area contributed by atoms with E-state index in [1.165, 1.54) is 23.8 Å². The van der Waals surface area contributed by atoms with E-state index in [0.717, 1.165) is 18.1 Å². The molecule has 1 heterocycles. The van der Waals surface area contributed by atoms with Gasteiger partial charge in [0, 0.05) is 24.3 Å². The van der Waals surface area contributed by atoms with Gasteiger partial charge in [-0.15, -0.1) is 0 Å². The number of fused-ring (bicyclic) bond motifs is 1. The molecule has 0 saturated carbocycles. The second-order valence-electron chi connectivity index (χ2n) is 7.34. The first kappa shape index (κ1) is 20.1. The highest BCUT2D eigenvalue weighted by atomic mass is 32.2. The molecule has 7 heteroatoms. The Balaban J connectivity index is 1.54. The normalized spacial score (nSPS) is 13.6. The third-order valence-corrected chi connectivity index (χ3v) is 6.61. The van der Waals surface area contributed by atoms with Crippen LogP contribution in [0, 0.1) is 12.7 Å². The van der Waals surface area contributed by atoms with Crippen LogP contribution in [0.3, 0.4) is 0 Å². The minimum absolute atomic E-state index is 0.160. The van der Waals surface area contributed by atoms with Gasteiger partial charge in [-0.25, -0.2) is 12.8 Å². The summed E-state index contributed by atoms with van der Waals surface area (Å²) in [5.74, 6) is -0.751. The van der Waals surface area contributed by atoms with Gasteiger partial charge in [0.15, 0.2) is 0 Å². The Morgan fingerprint density at radius 1 is 1.00 bits per heavy atom. The first-order valence-electron chi connectivity index (χ1n) is 9.58. The zero-order valence-electron chi connectivity index (χ0n) is 16.4. The van der Waals surface area contributed by atoms with Crippen LogP contribution in [-0.2, 0) is 23.0 Å². The van der Waals surface area contributed by atoms with Crippen molar-refractivity contribution in [1.82, 2.24) is 4.90 Å². The summed E-state index contributed by atoms with van der Waals surface area (Å²) in [6.07, 6.45) is 0.785. The molecule has 1 N–H and O–H groups in total. The molecule has 3 aromatic rings. The van der Waals surface area contributed by atoms with Crippen molar-refractivity contribution in [3.05, 3.63) is 94.8 Å². The monoisotopic (exact) mass is 424 g/mol. The molecule has 1 amide bonds. The molecule has 0 bridgehead atoms. The van der Waals surface area contributed by atoms with Gasteiger partial charge in [-0.3, -0.25) is 9.52 Å². The van der Waals surface area contributed by atoms with Gasteiger partial charge in [0.05, 0.1) is 4.90 Å². The Labute approximate surface area is 175 Å². The van der Waals surface area contributed by atoms with E-state index >= 15 is 0 Å². The Bertz CT molecular complexity index is 1220. The van der Waals surface area contributed by atoms with E-state index in [1.807, 2.05) is 18.2 Å². The maximum absolute atomic E-state index is 13.8. The average Bonchev–Trinajstić information content (AvgIpc) is 2.74. The molecule has 0 radical (unpaired) electrons. The second-order valence-corrected chi connectivity index (χ2v) is 9.03. The van der Waals surface area contributed by atoms with Crippen LogP contribution in [0.2, 0.25) is 0 Å². The van der Waals surface area contributed by atoms with Crippen LogP contribution in [0.5, 0.6) is 0 Å². The van der Waals surface area contributed by atoms with E-state index in [4.69, 9.17) is 0 Å². The van der Waals surface area contributed by atoms with E-state index in [0.29, 0.717) is 24.2 Å². The third kappa shape index (κ3) is 4.07. The standard InChI is InChI=1S/C23H21FN2O3S/c1-16-9-10-21(14-22(16)24)30(28,29)25-20-8-4-7-18(13-20)23(27)26-12-11-17-5-2-3-6-19(17)15-26/h2-10,13-14,25H,11-12,15H2,1H3. The largest absolute Gasteiger partial charge is 0.334 e. The van der Waals surface area contributed by atoms with Gasteiger partial charge in [0.25, 0.3) is 15.9 Å². The lowest BCUT2D eigenvalue weighted by molar-refractivity contribution is 0.0734. The lowest BCUT2D eigenvalue weighted by Gasteiger charge is -2.29. The van der Waals surface area contributed by atoms with Crippen LogP contribution in [0.4, 0.5) is 10.1 Å². The molecule has 0 aromatic heterocycles. The molecule has 0 atom stereocenters. The van der Waals surface area contributed by atoms with Crippen LogP contribution in [-0.4, -0.2) is 25.8 Å². The van der Waals surface area contributed by atoms with Gasteiger partial charge >= 0.3 is 0 Å². The summed E-state index contributed by atoms with van der Waals surface area (Å²) in [6, 6.07) is 18.1. The van der Waals surface area contributed by atoms with E-state index in [1.54, 1.807) is 30.0 Å². The molecule has 4 rings (SSSR count). The number of carbonyl (C=O) groups is 1. The van der Waals surface area contributed by atoms with Crippen LogP contribution < -0.4 is 4.72 Å². The van der Waals surface area contributed by atoms with Crippen molar-refractivity contribution in [3.63, 3.8) is 0 Å². The molecule has 5 nitrogen and oxygen atoms in total. The fourth-order valence-corrected chi connectivity index (χ4v) is 4.58. The maximum Gasteiger partial charge on any atom is 0.261 e. The third-order valence-electron chi connectivity index (χ3n) is 5.23. The molecule has 3 aromatic carbocycles. The summed E-state index contributed by atoms with van der Waals surface area (Å²) >= 11 is 0. The van der Waals surface area contributed by atoms with Crippen molar-refractivity contribution in [3.8, 4) is 0 Å². The van der Waals surface area contributed by atoms with Crippen molar-refractivity contribution < 1.29 is 17.6 Å². The van der Waals surface area contributed by atoms with Gasteiger partial charge in [-0.05, 0) is 60.4 Å². The van der Waals surface area contributed by atoms with Crippen LogP contribution >= 0.6 is 0 Å². The number of hydrogen-bond donors (Lipinski definition) is 1. The summed E-state index contributed by atoms with van der Waals surface area (Å²) in [6.45, 7) is 2.69. The van der Waals surface area contributed by atoms with Gasteiger partial charge < -0.3 is 4.90 Å². The molecular formula is C23H21FN2O3S. The molecule has 1 aliphatic rings. The van der Waals surface area contributed by atoms with Crippen LogP contribution in [0.15, 0.2) is 71.6 Å². The number of nitrogens with zero attached hydrogens (tertiary/aromatic N) is 1. The molecular weight excluding hydrogens is 403 g/mol. The van der Waals surface area contributed by atoms with Gasteiger partial charge in [-0.1, -0.05) is 36.4 Å². The summed E-state index contributed by atoms with van der Waals surface area (Å²) in [5, 5.41) is 0. The number of anilines is 1. The van der Waals surface area contributed by atoms with Crippen molar-refractivity contribution in [2.45, 2.75) is 24.8 Å². The van der Waals surface area contributed by atoms with Crippen molar-refractivity contribution in [1.29, 1.82) is 0 Å². The summed E-state index contributed by atoms with van der Waals surface area (Å²) in [7, 11) is -3.97. The van der Waals surface area contributed by atoms with Crippen molar-refractivity contribution >= 4 is 21.6 Å². The van der Waals surface area contributed by atoms with Gasteiger partial charge in [0.2, 0.25) is 0 Å². The molecule has 0 spiro atoms. The summed E-state index contributed by atoms with van der Waals surface area (Å²) in [5.41, 5.74) is 3.37. The van der Waals surface area contributed by atoms with Crippen LogP contribution in [0.1, 0.15) is 27.0 Å². The van der Waals surface area contributed by atoms with Crippen LogP contribution in [0.25, 0.3) is 0 Å². The Kier molecular flexibility index (Phi) is 5.30. The fourth-order valence-electron chi connectivity index (χ4n) is 3.52. The first-order valence-corrected chi connectivity index (χ1v) is 11.1. The molecule has 0 aliphatic carbocycles. The molecule has 0 unspecified atom stereocenters. The first-order chi connectivity index (χ1) is 14.3. The summed E-state index contributed by atoms with van der Waals surface area (Å²) < 4.78 is 41.4. The van der Waals surface area contributed by atoms with E-state index < -0.39 is 15.8 Å². The van der Waals surface area contributed by atoms with Gasteiger partial charge in [-0.2, -0.15) is 0 Å². The number of nitrogens with one attached hydrogen (secondary N) is 1. The number of rotatable bonds is 4. The topological polar surface area (TPSA) is 66.5 Å². The average molecular weight is 424 g/mol. The molecule has 0 saturated heterocycles. The van der Waals surface area contributed by atoms with Gasteiger partial charge in [0.1, 0.15) is 5.82 Å². The highest BCUT2D eigenvalue weighted by Crippen LogP contribution is 2.23. The highest BCUT2D eigenvalue weighted by molar-refractivity contribution is 7.92. The van der Waals surface area contributed by atoms with E-state index in [2.05, 4.69) is 10.8 Å². The highest BCUT2D eigenvalue weighted by Gasteiger charge is 2.22. The van der Waals surface area contributed by atoms with Crippen molar-refractivity contribution in [2.75, 3.05) is 11.3 Å². The zero-order chi connectivity index (χ0) is 21.3. The Morgan fingerprint density at radius 2 is 1.77 bits per heavy atom. The molecule has 0 fully saturated rings. The smallest absolute Gasteiger partial charge is 0.261 e. The maximum atomic E-state index is 13.8. The zero-order valence-corrected chi connectivity index (χ0v) is 17.2. The van der Waals surface area contributed by atoms with E-state index in [-0.39, 0.29) is 16.5 Å². The fraction of sp³-hybridized carbons (Fsp3) is 0.174. The quantitative estimate of drug-likeness (QED) is 0.685. The predicted molar refractivity (Wildman–Crippen MR) is 113 cm³/mol. The molecule has 1 aliphatic heterocycles.